The number of allylic oxidation sites excluding steroid dienone is 1. The first-order valence-electron chi connectivity index (χ1n) is 1.32. The fourth-order valence-corrected chi connectivity index (χ4v) is 0. The molecule has 0 saturated heterocycles. The first-order chi connectivity index (χ1) is 2.64. The standard InChI is InChI=1S/C3H3BrCl2/c1-2(5)3(4)6/h1H3/b3-2-. The molecule has 6 heavy (non-hydrogen) atoms. The van der Waals surface area contributed by atoms with Crippen LogP contribution in [0.3, 0.4) is 0 Å². The summed E-state index contributed by atoms with van der Waals surface area (Å²) in [5, 5.41) is 0.580. The van der Waals surface area contributed by atoms with Crippen LogP contribution in [-0.4, -0.2) is 0 Å². The van der Waals surface area contributed by atoms with E-state index >= 15 is 0 Å². The Morgan fingerprint density at radius 2 is 1.67 bits per heavy atom. The van der Waals surface area contributed by atoms with Crippen molar-refractivity contribution < 1.29 is 0 Å². The monoisotopic (exact) mass is 188 g/mol. The van der Waals surface area contributed by atoms with Crippen molar-refractivity contribution in [2.24, 2.45) is 0 Å². The van der Waals surface area contributed by atoms with Gasteiger partial charge in [0.1, 0.15) is 0 Å². The molecule has 0 bridgehead atoms. The average Bonchev–Trinajstić information content (AvgIpc) is 1.36. The molecule has 0 aliphatic carbocycles. The van der Waals surface area contributed by atoms with Gasteiger partial charge in [-0.25, -0.2) is 0 Å². The van der Waals surface area contributed by atoms with Crippen molar-refractivity contribution in [1.82, 2.24) is 0 Å². The molecule has 0 aromatic heterocycles. The Morgan fingerprint density at radius 1 is 1.50 bits per heavy atom. The zero-order valence-electron chi connectivity index (χ0n) is 3.13. The zero-order chi connectivity index (χ0) is 5.15. The number of hydrogen-bond acceptors (Lipinski definition) is 0. The maximum atomic E-state index is 5.31. The van der Waals surface area contributed by atoms with Gasteiger partial charge in [0, 0.05) is 5.03 Å². The molecular formula is C3H3BrCl2. The van der Waals surface area contributed by atoms with Crippen molar-refractivity contribution >= 4 is 39.1 Å². The van der Waals surface area contributed by atoms with Gasteiger partial charge in [0.15, 0.2) is 0 Å². The number of hydrogen-bond donors (Lipinski definition) is 0. The van der Waals surface area contributed by atoms with Gasteiger partial charge in [-0.2, -0.15) is 0 Å². The van der Waals surface area contributed by atoms with E-state index in [4.69, 9.17) is 23.2 Å². The third-order valence-electron chi connectivity index (χ3n) is 0.260. The van der Waals surface area contributed by atoms with Gasteiger partial charge in [-0.05, 0) is 22.9 Å². The van der Waals surface area contributed by atoms with Crippen molar-refractivity contribution in [3.63, 3.8) is 0 Å². The van der Waals surface area contributed by atoms with Crippen LogP contribution in [0, 0.1) is 0 Å². The smallest absolute Gasteiger partial charge is 0.0873 e. The van der Waals surface area contributed by atoms with Gasteiger partial charge < -0.3 is 0 Å². The van der Waals surface area contributed by atoms with Gasteiger partial charge in [0.05, 0.1) is 3.94 Å². The second-order valence-electron chi connectivity index (χ2n) is 0.794. The summed E-state index contributed by atoms with van der Waals surface area (Å²) in [5.41, 5.74) is 0. The fraction of sp³-hybridized carbons (Fsp3) is 0.333. The molecule has 3 heteroatoms. The van der Waals surface area contributed by atoms with Crippen LogP contribution >= 0.6 is 39.1 Å². The lowest BCUT2D eigenvalue weighted by atomic mass is 10.8. The van der Waals surface area contributed by atoms with Crippen LogP contribution in [0.15, 0.2) is 8.97 Å². The van der Waals surface area contributed by atoms with Crippen LogP contribution in [0.2, 0.25) is 0 Å². The van der Waals surface area contributed by atoms with Gasteiger partial charge in [0.2, 0.25) is 0 Å². The lowest BCUT2D eigenvalue weighted by molar-refractivity contribution is 1.69. The largest absolute Gasteiger partial charge is 0.0975 e. The van der Waals surface area contributed by atoms with Gasteiger partial charge in [-0.1, -0.05) is 23.2 Å². The summed E-state index contributed by atoms with van der Waals surface area (Å²) >= 11 is 13.5. The van der Waals surface area contributed by atoms with Crippen molar-refractivity contribution in [1.29, 1.82) is 0 Å². The van der Waals surface area contributed by atoms with Gasteiger partial charge >= 0.3 is 0 Å². The van der Waals surface area contributed by atoms with Gasteiger partial charge in [-0.3, -0.25) is 0 Å². The molecule has 0 rings (SSSR count). The first kappa shape index (κ1) is 6.80. The summed E-state index contributed by atoms with van der Waals surface area (Å²) in [5.74, 6) is 0. The second kappa shape index (κ2) is 2.89. The van der Waals surface area contributed by atoms with E-state index < -0.39 is 0 Å². The average molecular weight is 190 g/mol. The van der Waals surface area contributed by atoms with Crippen molar-refractivity contribution in [2.45, 2.75) is 6.92 Å². The summed E-state index contributed by atoms with van der Waals surface area (Å²) in [7, 11) is 0. The van der Waals surface area contributed by atoms with E-state index in [1.54, 1.807) is 6.92 Å². The van der Waals surface area contributed by atoms with Crippen molar-refractivity contribution in [2.75, 3.05) is 0 Å². The molecule has 0 N–H and O–H groups in total. The molecule has 0 heterocycles. The Balaban J connectivity index is 3.68. The van der Waals surface area contributed by atoms with E-state index in [2.05, 4.69) is 15.9 Å². The maximum absolute atomic E-state index is 5.31. The van der Waals surface area contributed by atoms with E-state index in [1.807, 2.05) is 0 Å². The predicted molar refractivity (Wildman–Crippen MR) is 33.3 cm³/mol. The SMILES string of the molecule is C/C(Cl)=C(/Cl)Br. The molecule has 0 unspecified atom stereocenters. The molecule has 0 aliphatic heterocycles. The molecule has 0 nitrogen and oxygen atoms in total. The minimum absolute atomic E-state index is 0.476. The van der Waals surface area contributed by atoms with E-state index in [0.717, 1.165) is 0 Å². The minimum Gasteiger partial charge on any atom is -0.0873 e. The highest BCUT2D eigenvalue weighted by Gasteiger charge is 1.84. The molecule has 0 aliphatic rings. The fourth-order valence-electron chi connectivity index (χ4n) is 0. The van der Waals surface area contributed by atoms with Crippen molar-refractivity contribution in [3.8, 4) is 0 Å². The maximum Gasteiger partial charge on any atom is 0.0975 e. The van der Waals surface area contributed by atoms with E-state index in [1.165, 1.54) is 0 Å². The highest BCUT2D eigenvalue weighted by Crippen LogP contribution is 2.17. The summed E-state index contributed by atoms with van der Waals surface area (Å²) < 4.78 is 0.476. The summed E-state index contributed by atoms with van der Waals surface area (Å²) in [4.78, 5) is 0. The second-order valence-corrected chi connectivity index (χ2v) is 2.99. The molecule has 0 saturated carbocycles. The minimum atomic E-state index is 0.476. The third kappa shape index (κ3) is 3.01. The van der Waals surface area contributed by atoms with Crippen LogP contribution in [0.1, 0.15) is 6.92 Å². The lowest BCUT2D eigenvalue weighted by Gasteiger charge is -1.79. The van der Waals surface area contributed by atoms with Crippen LogP contribution in [-0.2, 0) is 0 Å². The molecule has 0 aromatic carbocycles. The Bertz CT molecular complexity index is 58.9. The highest BCUT2D eigenvalue weighted by atomic mass is 79.9. The number of rotatable bonds is 0. The quantitative estimate of drug-likeness (QED) is 0.550. The van der Waals surface area contributed by atoms with Crippen LogP contribution < -0.4 is 0 Å². The highest BCUT2D eigenvalue weighted by molar-refractivity contribution is 9.12. The predicted octanol–water partition coefficient (Wildman–Crippen LogP) is 3.05. The van der Waals surface area contributed by atoms with E-state index in [-0.39, 0.29) is 0 Å². The van der Waals surface area contributed by atoms with E-state index in [0.29, 0.717) is 8.97 Å². The molecule has 0 fully saturated rings. The summed E-state index contributed by atoms with van der Waals surface area (Å²) in [6.45, 7) is 1.71. The Labute approximate surface area is 55.3 Å². The normalized spacial score (nSPS) is 14.0. The Kier molecular flexibility index (Phi) is 3.28. The first-order valence-corrected chi connectivity index (χ1v) is 2.87. The van der Waals surface area contributed by atoms with Crippen LogP contribution in [0.25, 0.3) is 0 Å². The van der Waals surface area contributed by atoms with Crippen LogP contribution in [0.4, 0.5) is 0 Å². The van der Waals surface area contributed by atoms with Gasteiger partial charge in [-0.15, -0.1) is 0 Å². The third-order valence-corrected chi connectivity index (χ3v) is 1.65. The lowest BCUT2D eigenvalue weighted by Crippen LogP contribution is -1.52. The molecule has 0 aromatic rings. The zero-order valence-corrected chi connectivity index (χ0v) is 6.23. The summed E-state index contributed by atoms with van der Waals surface area (Å²) in [6.07, 6.45) is 0. The van der Waals surface area contributed by atoms with Crippen molar-refractivity contribution in [3.05, 3.63) is 8.97 Å². The molecule has 0 atom stereocenters. The van der Waals surface area contributed by atoms with Crippen LogP contribution in [0.5, 0.6) is 0 Å². The Morgan fingerprint density at radius 3 is 1.67 bits per heavy atom. The Hall–Kier alpha value is 0.800. The van der Waals surface area contributed by atoms with E-state index in [9.17, 15) is 0 Å². The topological polar surface area (TPSA) is 0 Å². The molecular weight excluding hydrogens is 187 g/mol. The van der Waals surface area contributed by atoms with Gasteiger partial charge in [0.25, 0.3) is 0 Å². The number of halogens is 3. The molecule has 0 amide bonds. The molecule has 36 valence electrons. The molecule has 0 radical (unpaired) electrons. The summed E-state index contributed by atoms with van der Waals surface area (Å²) in [6, 6.07) is 0. The molecule has 0 spiro atoms.